The Bertz CT molecular complexity index is 691. The maximum absolute atomic E-state index is 10.7. The van der Waals surface area contributed by atoms with Crippen LogP contribution in [-0.2, 0) is 0 Å². The first kappa shape index (κ1) is 17.2. The van der Waals surface area contributed by atoms with Crippen LogP contribution in [0.3, 0.4) is 0 Å². The van der Waals surface area contributed by atoms with Crippen LogP contribution in [0.2, 0.25) is 0 Å². The first-order valence-electron chi connectivity index (χ1n) is 7.24. The fourth-order valence-electron chi connectivity index (χ4n) is 2.17. The second-order valence-electron chi connectivity index (χ2n) is 5.41. The molecule has 0 saturated carbocycles. The predicted molar refractivity (Wildman–Crippen MR) is 95.1 cm³/mol. The molecule has 0 aliphatic carbocycles. The molecule has 0 aliphatic heterocycles. The Morgan fingerprint density at radius 2 is 1.96 bits per heavy atom. The van der Waals surface area contributed by atoms with E-state index >= 15 is 0 Å². The van der Waals surface area contributed by atoms with Gasteiger partial charge in [0.15, 0.2) is 5.82 Å². The lowest BCUT2D eigenvalue weighted by atomic mass is 10.2. The summed E-state index contributed by atoms with van der Waals surface area (Å²) in [5.41, 5.74) is 1.70. The first-order chi connectivity index (χ1) is 10.9. The summed E-state index contributed by atoms with van der Waals surface area (Å²) in [6.45, 7) is 4.08. The number of aromatic nitrogens is 2. The third-order valence-electron chi connectivity index (χ3n) is 3.61. The zero-order valence-electron chi connectivity index (χ0n) is 13.7. The molecule has 122 valence electrons. The average Bonchev–Trinajstić information content (AvgIpc) is 2.53. The number of anilines is 1. The van der Waals surface area contributed by atoms with Gasteiger partial charge >= 0.3 is 0 Å². The molecule has 23 heavy (non-hydrogen) atoms. The number of aryl methyl sites for hydroxylation is 1. The fraction of sp³-hybridized carbons (Fsp3) is 0.375. The van der Waals surface area contributed by atoms with Gasteiger partial charge < -0.3 is 4.90 Å². The van der Waals surface area contributed by atoms with Crippen LogP contribution in [-0.4, -0.2) is 40.0 Å². The molecule has 0 spiro atoms. The van der Waals surface area contributed by atoms with Gasteiger partial charge in [-0.1, -0.05) is 0 Å². The molecule has 1 unspecified atom stereocenters. The van der Waals surface area contributed by atoms with Crippen LogP contribution in [0.1, 0.15) is 12.6 Å². The molecule has 0 saturated heterocycles. The monoisotopic (exact) mass is 332 g/mol. The molecular formula is C16H20N4O2S. The molecule has 1 heterocycles. The molecule has 0 aliphatic rings. The summed E-state index contributed by atoms with van der Waals surface area (Å²) in [6, 6.07) is 8.61. The highest BCUT2D eigenvalue weighted by Crippen LogP contribution is 2.23. The SMILES string of the molecule is CSCC(C)N(C)c1cc(C)nc(-c2ccc([N+](=O)[O-])cc2)n1. The minimum absolute atomic E-state index is 0.0623. The molecule has 1 aromatic carbocycles. The minimum atomic E-state index is -0.413. The smallest absolute Gasteiger partial charge is 0.269 e. The molecular weight excluding hydrogens is 312 g/mol. The van der Waals surface area contributed by atoms with E-state index in [2.05, 4.69) is 28.0 Å². The third-order valence-corrected chi connectivity index (χ3v) is 4.42. The number of benzene rings is 1. The topological polar surface area (TPSA) is 72.2 Å². The number of hydrogen-bond acceptors (Lipinski definition) is 6. The number of nitro benzene ring substituents is 1. The Labute approximate surface area is 140 Å². The molecule has 0 amide bonds. The Morgan fingerprint density at radius 3 is 2.52 bits per heavy atom. The number of thioether (sulfide) groups is 1. The van der Waals surface area contributed by atoms with Gasteiger partial charge in [-0.2, -0.15) is 11.8 Å². The van der Waals surface area contributed by atoms with E-state index in [1.807, 2.05) is 20.0 Å². The number of nitrogens with zero attached hydrogens (tertiary/aromatic N) is 4. The number of rotatable bonds is 6. The Hall–Kier alpha value is -2.15. The van der Waals surface area contributed by atoms with E-state index in [1.165, 1.54) is 12.1 Å². The van der Waals surface area contributed by atoms with E-state index in [-0.39, 0.29) is 5.69 Å². The zero-order valence-corrected chi connectivity index (χ0v) is 14.5. The van der Waals surface area contributed by atoms with Crippen LogP contribution in [0.4, 0.5) is 11.5 Å². The second-order valence-corrected chi connectivity index (χ2v) is 6.32. The van der Waals surface area contributed by atoms with Crippen molar-refractivity contribution < 1.29 is 4.92 Å². The van der Waals surface area contributed by atoms with E-state index in [0.717, 1.165) is 22.8 Å². The summed E-state index contributed by atoms with van der Waals surface area (Å²) in [5.74, 6) is 2.44. The summed E-state index contributed by atoms with van der Waals surface area (Å²) < 4.78 is 0. The van der Waals surface area contributed by atoms with Crippen LogP contribution in [0.5, 0.6) is 0 Å². The standard InChI is InChI=1S/C16H20N4O2S/c1-11-9-15(19(3)12(2)10-23-4)18-16(17-11)13-5-7-14(8-6-13)20(21)22/h5-9,12H,10H2,1-4H3. The quantitative estimate of drug-likeness (QED) is 0.595. The summed E-state index contributed by atoms with van der Waals surface area (Å²) >= 11 is 1.79. The Balaban J connectivity index is 2.34. The largest absolute Gasteiger partial charge is 0.356 e. The number of hydrogen-bond donors (Lipinski definition) is 0. The summed E-state index contributed by atoms with van der Waals surface area (Å²) in [7, 11) is 2.02. The summed E-state index contributed by atoms with van der Waals surface area (Å²) in [4.78, 5) is 21.5. The van der Waals surface area contributed by atoms with E-state index in [1.54, 1.807) is 23.9 Å². The van der Waals surface area contributed by atoms with Crippen molar-refractivity contribution in [3.63, 3.8) is 0 Å². The van der Waals surface area contributed by atoms with Crippen molar-refractivity contribution in [2.45, 2.75) is 19.9 Å². The van der Waals surface area contributed by atoms with Crippen molar-refractivity contribution in [2.24, 2.45) is 0 Å². The highest BCUT2D eigenvalue weighted by atomic mass is 32.2. The fourth-order valence-corrected chi connectivity index (χ4v) is 2.88. The molecule has 1 atom stereocenters. The second kappa shape index (κ2) is 7.41. The molecule has 1 aromatic heterocycles. The molecule has 0 radical (unpaired) electrons. The minimum Gasteiger partial charge on any atom is -0.356 e. The molecule has 7 heteroatoms. The summed E-state index contributed by atoms with van der Waals surface area (Å²) in [5, 5.41) is 10.7. The van der Waals surface area contributed by atoms with E-state index in [9.17, 15) is 10.1 Å². The molecule has 0 fully saturated rings. The van der Waals surface area contributed by atoms with Crippen molar-refractivity contribution in [3.05, 3.63) is 46.1 Å². The lowest BCUT2D eigenvalue weighted by Gasteiger charge is -2.25. The lowest BCUT2D eigenvalue weighted by molar-refractivity contribution is -0.384. The summed E-state index contributed by atoms with van der Waals surface area (Å²) in [6.07, 6.45) is 2.08. The van der Waals surface area contributed by atoms with Gasteiger partial charge in [0.05, 0.1) is 4.92 Å². The van der Waals surface area contributed by atoms with E-state index in [4.69, 9.17) is 0 Å². The Kier molecular flexibility index (Phi) is 5.54. The molecule has 2 rings (SSSR count). The molecule has 0 bridgehead atoms. The van der Waals surface area contributed by atoms with Crippen molar-refractivity contribution >= 4 is 23.3 Å². The van der Waals surface area contributed by atoms with Gasteiger partial charge in [-0.05, 0) is 32.2 Å². The molecule has 6 nitrogen and oxygen atoms in total. The van der Waals surface area contributed by atoms with Crippen LogP contribution in [0.25, 0.3) is 11.4 Å². The third kappa shape index (κ3) is 4.19. The van der Waals surface area contributed by atoms with E-state index in [0.29, 0.717) is 11.9 Å². The van der Waals surface area contributed by atoms with Crippen molar-refractivity contribution in [3.8, 4) is 11.4 Å². The van der Waals surface area contributed by atoms with Gasteiger partial charge in [-0.25, -0.2) is 9.97 Å². The zero-order chi connectivity index (χ0) is 17.0. The number of non-ortho nitro benzene ring substituents is 1. The van der Waals surface area contributed by atoms with Gasteiger partial charge in [0.25, 0.3) is 5.69 Å². The lowest BCUT2D eigenvalue weighted by Crippen LogP contribution is -2.31. The first-order valence-corrected chi connectivity index (χ1v) is 8.64. The highest BCUT2D eigenvalue weighted by molar-refractivity contribution is 7.98. The van der Waals surface area contributed by atoms with Gasteiger partial charge in [0.1, 0.15) is 5.82 Å². The van der Waals surface area contributed by atoms with Crippen LogP contribution >= 0.6 is 11.8 Å². The van der Waals surface area contributed by atoms with Crippen LogP contribution in [0, 0.1) is 17.0 Å². The maximum atomic E-state index is 10.7. The van der Waals surface area contributed by atoms with Crippen molar-refractivity contribution in [1.82, 2.24) is 9.97 Å². The van der Waals surface area contributed by atoms with Crippen LogP contribution < -0.4 is 4.90 Å². The number of nitro groups is 1. The van der Waals surface area contributed by atoms with E-state index < -0.39 is 4.92 Å². The van der Waals surface area contributed by atoms with Crippen LogP contribution in [0.15, 0.2) is 30.3 Å². The van der Waals surface area contributed by atoms with Gasteiger partial charge in [-0.15, -0.1) is 0 Å². The maximum Gasteiger partial charge on any atom is 0.269 e. The normalized spacial score (nSPS) is 12.0. The van der Waals surface area contributed by atoms with Crippen molar-refractivity contribution in [1.29, 1.82) is 0 Å². The van der Waals surface area contributed by atoms with Crippen molar-refractivity contribution in [2.75, 3.05) is 24.0 Å². The Morgan fingerprint density at radius 1 is 1.30 bits per heavy atom. The highest BCUT2D eigenvalue weighted by Gasteiger charge is 2.14. The predicted octanol–water partition coefficient (Wildman–Crippen LogP) is 3.55. The van der Waals surface area contributed by atoms with Gasteiger partial charge in [0.2, 0.25) is 0 Å². The average molecular weight is 332 g/mol. The van der Waals surface area contributed by atoms with Gasteiger partial charge in [-0.3, -0.25) is 10.1 Å². The molecule has 0 N–H and O–H groups in total. The van der Waals surface area contributed by atoms with Gasteiger partial charge in [0, 0.05) is 48.3 Å². The molecule has 2 aromatic rings.